The van der Waals surface area contributed by atoms with Crippen LogP contribution in [0, 0.1) is 19.8 Å². The second-order valence-electron chi connectivity index (χ2n) is 4.69. The van der Waals surface area contributed by atoms with Crippen molar-refractivity contribution in [2.45, 2.75) is 47.1 Å². The molecule has 0 spiro atoms. The Morgan fingerprint density at radius 1 is 1.24 bits per heavy atom. The summed E-state index contributed by atoms with van der Waals surface area (Å²) in [5, 5.41) is 0. The van der Waals surface area contributed by atoms with Gasteiger partial charge in [0.25, 0.3) is 0 Å². The van der Waals surface area contributed by atoms with Crippen molar-refractivity contribution in [3.8, 4) is 0 Å². The maximum Gasteiger partial charge on any atom is 0.309 e. The third-order valence-electron chi connectivity index (χ3n) is 3.26. The molecule has 0 heterocycles. The summed E-state index contributed by atoms with van der Waals surface area (Å²) < 4.78 is 5.51. The fourth-order valence-corrected chi connectivity index (χ4v) is 1.98. The Hall–Kier alpha value is -1.31. The van der Waals surface area contributed by atoms with Crippen molar-refractivity contribution in [2.75, 3.05) is 0 Å². The molecule has 2 nitrogen and oxygen atoms in total. The van der Waals surface area contributed by atoms with E-state index in [0.29, 0.717) is 0 Å². The van der Waals surface area contributed by atoms with Crippen LogP contribution in [0.4, 0.5) is 0 Å². The average molecular weight is 234 g/mol. The van der Waals surface area contributed by atoms with Gasteiger partial charge in [-0.2, -0.15) is 0 Å². The topological polar surface area (TPSA) is 26.3 Å². The number of hydrogen-bond acceptors (Lipinski definition) is 2. The zero-order valence-electron chi connectivity index (χ0n) is 11.4. The molecule has 0 N–H and O–H groups in total. The third kappa shape index (κ3) is 3.32. The van der Waals surface area contributed by atoms with E-state index in [9.17, 15) is 4.79 Å². The van der Waals surface area contributed by atoms with Crippen LogP contribution in [0.1, 0.15) is 50.0 Å². The van der Waals surface area contributed by atoms with Crippen LogP contribution in [0.15, 0.2) is 18.2 Å². The van der Waals surface area contributed by atoms with Crippen molar-refractivity contribution in [1.82, 2.24) is 0 Å². The van der Waals surface area contributed by atoms with Crippen LogP contribution in [-0.4, -0.2) is 5.97 Å². The summed E-state index contributed by atoms with van der Waals surface area (Å²) in [5.41, 5.74) is 3.48. The lowest BCUT2D eigenvalue weighted by Gasteiger charge is -2.19. The lowest BCUT2D eigenvalue weighted by Crippen LogP contribution is -2.17. The van der Waals surface area contributed by atoms with Crippen molar-refractivity contribution in [3.63, 3.8) is 0 Å². The second kappa shape index (κ2) is 5.85. The van der Waals surface area contributed by atoms with Crippen LogP contribution in [0.2, 0.25) is 0 Å². The molecule has 0 radical (unpaired) electrons. The summed E-state index contributed by atoms with van der Waals surface area (Å²) in [5.74, 6) is -0.135. The molecule has 2 heteroatoms. The van der Waals surface area contributed by atoms with Crippen molar-refractivity contribution in [1.29, 1.82) is 0 Å². The summed E-state index contributed by atoms with van der Waals surface area (Å²) in [4.78, 5) is 11.8. The molecule has 0 saturated carbocycles. The molecule has 0 bridgehead atoms. The number of carbonyl (C=O) groups excluding carboxylic acids is 1. The van der Waals surface area contributed by atoms with Gasteiger partial charge in [-0.15, -0.1) is 0 Å². The summed E-state index contributed by atoms with van der Waals surface area (Å²) in [6, 6.07) is 6.13. The summed E-state index contributed by atoms with van der Waals surface area (Å²) in [6.45, 7) is 9.94. The minimum absolute atomic E-state index is 0.0261. The van der Waals surface area contributed by atoms with E-state index in [1.165, 1.54) is 11.1 Å². The summed E-state index contributed by atoms with van der Waals surface area (Å²) in [7, 11) is 0. The van der Waals surface area contributed by atoms with Gasteiger partial charge in [-0.1, -0.05) is 32.0 Å². The van der Waals surface area contributed by atoms with Crippen LogP contribution >= 0.6 is 0 Å². The highest BCUT2D eigenvalue weighted by molar-refractivity contribution is 5.72. The minimum Gasteiger partial charge on any atom is -0.458 e. The van der Waals surface area contributed by atoms with Crippen molar-refractivity contribution in [2.24, 2.45) is 5.92 Å². The number of aryl methyl sites for hydroxylation is 2. The first-order valence-corrected chi connectivity index (χ1v) is 6.24. The molecule has 17 heavy (non-hydrogen) atoms. The maximum absolute atomic E-state index is 11.8. The van der Waals surface area contributed by atoms with Gasteiger partial charge < -0.3 is 4.74 Å². The largest absolute Gasteiger partial charge is 0.458 e. The van der Waals surface area contributed by atoms with Crippen LogP contribution < -0.4 is 0 Å². The number of carbonyl (C=O) groups is 1. The third-order valence-corrected chi connectivity index (χ3v) is 3.26. The number of ether oxygens (including phenoxy) is 1. The Balaban J connectivity index is 2.83. The van der Waals surface area contributed by atoms with Crippen LogP contribution in [-0.2, 0) is 9.53 Å². The molecule has 1 aromatic rings. The monoisotopic (exact) mass is 234 g/mol. The maximum atomic E-state index is 11.8. The van der Waals surface area contributed by atoms with E-state index >= 15 is 0 Å². The van der Waals surface area contributed by atoms with E-state index in [4.69, 9.17) is 4.74 Å². The van der Waals surface area contributed by atoms with E-state index in [-0.39, 0.29) is 18.0 Å². The molecule has 0 aliphatic heterocycles. The van der Waals surface area contributed by atoms with E-state index in [0.717, 1.165) is 12.0 Å². The highest BCUT2D eigenvalue weighted by atomic mass is 16.5. The van der Waals surface area contributed by atoms with Crippen LogP contribution in [0.25, 0.3) is 0 Å². The predicted octanol–water partition coefficient (Wildman–Crippen LogP) is 3.95. The Bertz CT molecular complexity index is 376. The number of benzene rings is 1. The zero-order chi connectivity index (χ0) is 13.0. The molecule has 2 unspecified atom stereocenters. The van der Waals surface area contributed by atoms with Gasteiger partial charge in [0.2, 0.25) is 0 Å². The van der Waals surface area contributed by atoms with Crippen LogP contribution in [0.3, 0.4) is 0 Å². The Kier molecular flexibility index (Phi) is 4.73. The highest BCUT2D eigenvalue weighted by Gasteiger charge is 2.19. The number of rotatable bonds is 4. The SMILES string of the molecule is CCC(C)C(=O)OC(C)c1c(C)cccc1C. The lowest BCUT2D eigenvalue weighted by molar-refractivity contribution is -0.153. The van der Waals surface area contributed by atoms with Crippen molar-refractivity contribution < 1.29 is 9.53 Å². The minimum atomic E-state index is -0.169. The summed E-state index contributed by atoms with van der Waals surface area (Å²) in [6.07, 6.45) is 0.649. The Morgan fingerprint density at radius 3 is 2.24 bits per heavy atom. The predicted molar refractivity (Wildman–Crippen MR) is 69.9 cm³/mol. The first-order chi connectivity index (χ1) is 7.97. The first-order valence-electron chi connectivity index (χ1n) is 6.24. The molecule has 1 rings (SSSR count). The fourth-order valence-electron chi connectivity index (χ4n) is 1.98. The molecule has 0 amide bonds. The van der Waals surface area contributed by atoms with E-state index in [1.807, 2.05) is 26.8 Å². The molecular weight excluding hydrogens is 212 g/mol. The van der Waals surface area contributed by atoms with E-state index in [2.05, 4.69) is 26.0 Å². The van der Waals surface area contributed by atoms with Crippen LogP contribution in [0.5, 0.6) is 0 Å². The van der Waals surface area contributed by atoms with Gasteiger partial charge in [-0.05, 0) is 43.9 Å². The smallest absolute Gasteiger partial charge is 0.309 e. The molecule has 0 aliphatic carbocycles. The van der Waals surface area contributed by atoms with E-state index in [1.54, 1.807) is 0 Å². The van der Waals surface area contributed by atoms with Crippen molar-refractivity contribution in [3.05, 3.63) is 34.9 Å². The molecule has 0 saturated heterocycles. The van der Waals surface area contributed by atoms with Gasteiger partial charge in [-0.25, -0.2) is 0 Å². The quantitative estimate of drug-likeness (QED) is 0.737. The summed E-state index contributed by atoms with van der Waals surface area (Å²) >= 11 is 0. The standard InChI is InChI=1S/C15H22O2/c1-6-10(2)15(16)17-13(5)14-11(3)8-7-9-12(14)4/h7-10,13H,6H2,1-5H3. The van der Waals surface area contributed by atoms with Gasteiger partial charge in [-0.3, -0.25) is 4.79 Å². The molecule has 0 aliphatic rings. The van der Waals surface area contributed by atoms with Crippen molar-refractivity contribution >= 4 is 5.97 Å². The number of esters is 1. The molecule has 0 fully saturated rings. The number of hydrogen-bond donors (Lipinski definition) is 0. The molecule has 2 atom stereocenters. The lowest BCUT2D eigenvalue weighted by atomic mass is 9.98. The molecule has 94 valence electrons. The second-order valence-corrected chi connectivity index (χ2v) is 4.69. The van der Waals surface area contributed by atoms with Gasteiger partial charge in [0.1, 0.15) is 6.10 Å². The fraction of sp³-hybridized carbons (Fsp3) is 0.533. The Labute approximate surface area is 104 Å². The average Bonchev–Trinajstić information content (AvgIpc) is 2.27. The molecular formula is C15H22O2. The zero-order valence-corrected chi connectivity index (χ0v) is 11.4. The molecule has 1 aromatic carbocycles. The van der Waals surface area contributed by atoms with Gasteiger partial charge in [0.15, 0.2) is 0 Å². The molecule has 0 aromatic heterocycles. The highest BCUT2D eigenvalue weighted by Crippen LogP contribution is 2.25. The normalized spacial score (nSPS) is 14.2. The first kappa shape index (κ1) is 13.8. The Morgan fingerprint density at radius 2 is 1.76 bits per heavy atom. The van der Waals surface area contributed by atoms with Gasteiger partial charge in [0.05, 0.1) is 5.92 Å². The van der Waals surface area contributed by atoms with E-state index < -0.39 is 0 Å². The van der Waals surface area contributed by atoms with Gasteiger partial charge in [0, 0.05) is 0 Å². The van der Waals surface area contributed by atoms with Gasteiger partial charge >= 0.3 is 5.97 Å².